The molecule has 110 valence electrons. The van der Waals surface area contributed by atoms with Crippen molar-refractivity contribution in [2.75, 3.05) is 43.0 Å². The summed E-state index contributed by atoms with van der Waals surface area (Å²) >= 11 is 11.4. The molecular formula is C14H23Cl2NO2. The molecule has 0 bridgehead atoms. The van der Waals surface area contributed by atoms with E-state index in [1.807, 2.05) is 26.0 Å². The summed E-state index contributed by atoms with van der Waals surface area (Å²) in [4.78, 5) is 2.08. The maximum absolute atomic E-state index is 9.13. The molecule has 0 aliphatic carbocycles. The van der Waals surface area contributed by atoms with E-state index in [0.29, 0.717) is 11.8 Å². The fourth-order valence-corrected chi connectivity index (χ4v) is 1.85. The molecule has 0 heterocycles. The minimum absolute atomic E-state index is 0.269. The van der Waals surface area contributed by atoms with Crippen molar-refractivity contribution in [1.82, 2.24) is 0 Å². The summed E-state index contributed by atoms with van der Waals surface area (Å²) in [6, 6.07) is 7.03. The van der Waals surface area contributed by atoms with Gasteiger partial charge in [0.1, 0.15) is 5.75 Å². The van der Waals surface area contributed by atoms with Gasteiger partial charge < -0.3 is 14.7 Å². The van der Waals surface area contributed by atoms with Crippen LogP contribution in [-0.4, -0.2) is 43.2 Å². The van der Waals surface area contributed by atoms with Crippen LogP contribution in [0.15, 0.2) is 24.3 Å². The van der Waals surface area contributed by atoms with Crippen LogP contribution in [0.5, 0.6) is 5.75 Å². The molecule has 0 aliphatic rings. The predicted octanol–water partition coefficient (Wildman–Crippen LogP) is 3.72. The number of phenols is 1. The van der Waals surface area contributed by atoms with Gasteiger partial charge in [0, 0.05) is 43.8 Å². The molecule has 19 heavy (non-hydrogen) atoms. The van der Waals surface area contributed by atoms with E-state index in [2.05, 4.69) is 4.90 Å². The maximum Gasteiger partial charge on any atom is 0.115 e. The average molecular weight is 308 g/mol. The highest BCUT2D eigenvalue weighted by molar-refractivity contribution is 6.18. The van der Waals surface area contributed by atoms with Crippen LogP contribution < -0.4 is 4.90 Å². The Hall–Kier alpha value is -0.640. The fraction of sp³-hybridized carbons (Fsp3) is 0.571. The second-order valence-corrected chi connectivity index (χ2v) is 4.42. The number of halogens is 2. The number of hydrogen-bond donors (Lipinski definition) is 1. The lowest BCUT2D eigenvalue weighted by Gasteiger charge is -2.22. The van der Waals surface area contributed by atoms with Gasteiger partial charge in [0.15, 0.2) is 0 Å². The molecule has 0 saturated heterocycles. The van der Waals surface area contributed by atoms with Gasteiger partial charge in [0.05, 0.1) is 0 Å². The Morgan fingerprint density at radius 1 is 1.00 bits per heavy atom. The molecule has 1 N–H and O–H groups in total. The minimum atomic E-state index is 0.269. The number of ether oxygens (including phenoxy) is 1. The highest BCUT2D eigenvalue weighted by Gasteiger charge is 2.04. The number of anilines is 1. The molecule has 0 spiro atoms. The first-order chi connectivity index (χ1) is 9.19. The summed E-state index contributed by atoms with van der Waals surface area (Å²) in [6.07, 6.45) is 0. The van der Waals surface area contributed by atoms with Crippen LogP contribution >= 0.6 is 23.2 Å². The molecule has 0 aliphatic heterocycles. The van der Waals surface area contributed by atoms with Gasteiger partial charge >= 0.3 is 0 Å². The van der Waals surface area contributed by atoms with E-state index >= 15 is 0 Å². The largest absolute Gasteiger partial charge is 0.508 e. The topological polar surface area (TPSA) is 32.7 Å². The lowest BCUT2D eigenvalue weighted by Crippen LogP contribution is -2.27. The molecule has 0 unspecified atom stereocenters. The molecule has 0 atom stereocenters. The fourth-order valence-electron chi connectivity index (χ4n) is 1.44. The Bertz CT molecular complexity index is 299. The van der Waals surface area contributed by atoms with Crippen LogP contribution in [0.3, 0.4) is 0 Å². The van der Waals surface area contributed by atoms with Crippen molar-refractivity contribution in [2.45, 2.75) is 13.8 Å². The Morgan fingerprint density at radius 2 is 1.47 bits per heavy atom. The van der Waals surface area contributed by atoms with Gasteiger partial charge in [-0.1, -0.05) is 0 Å². The van der Waals surface area contributed by atoms with Crippen LogP contribution in [0.1, 0.15) is 13.8 Å². The number of alkyl halides is 2. The van der Waals surface area contributed by atoms with E-state index in [-0.39, 0.29) is 5.75 Å². The van der Waals surface area contributed by atoms with Crippen LogP contribution in [0.2, 0.25) is 0 Å². The quantitative estimate of drug-likeness (QED) is 0.779. The Kier molecular flexibility index (Phi) is 12.0. The third-order valence-electron chi connectivity index (χ3n) is 2.33. The maximum atomic E-state index is 9.13. The first-order valence-corrected chi connectivity index (χ1v) is 7.50. The van der Waals surface area contributed by atoms with Crippen LogP contribution in [0, 0.1) is 0 Å². The zero-order valence-electron chi connectivity index (χ0n) is 11.6. The van der Waals surface area contributed by atoms with Gasteiger partial charge in [-0.05, 0) is 38.1 Å². The van der Waals surface area contributed by atoms with E-state index in [0.717, 1.165) is 32.0 Å². The van der Waals surface area contributed by atoms with E-state index in [1.54, 1.807) is 12.1 Å². The first-order valence-electron chi connectivity index (χ1n) is 6.43. The smallest absolute Gasteiger partial charge is 0.115 e. The third kappa shape index (κ3) is 8.98. The summed E-state index contributed by atoms with van der Waals surface area (Å²) in [5, 5.41) is 9.13. The monoisotopic (exact) mass is 307 g/mol. The van der Waals surface area contributed by atoms with Gasteiger partial charge in [-0.15, -0.1) is 23.2 Å². The molecule has 3 nitrogen and oxygen atoms in total. The van der Waals surface area contributed by atoms with Crippen molar-refractivity contribution in [2.24, 2.45) is 0 Å². The summed E-state index contributed by atoms with van der Waals surface area (Å²) in [6.45, 7) is 7.19. The zero-order valence-corrected chi connectivity index (χ0v) is 13.1. The van der Waals surface area contributed by atoms with Gasteiger partial charge in [0.2, 0.25) is 0 Å². The van der Waals surface area contributed by atoms with Crippen molar-refractivity contribution >= 4 is 28.9 Å². The normalized spacial score (nSPS) is 9.68. The van der Waals surface area contributed by atoms with E-state index < -0.39 is 0 Å². The SMILES string of the molecule is CCOCC.Oc1ccc(N(CCCl)CCCl)cc1. The van der Waals surface area contributed by atoms with Crippen LogP contribution in [0.25, 0.3) is 0 Å². The van der Waals surface area contributed by atoms with Crippen molar-refractivity contribution in [1.29, 1.82) is 0 Å². The predicted molar refractivity (Wildman–Crippen MR) is 83.9 cm³/mol. The lowest BCUT2D eigenvalue weighted by atomic mass is 10.2. The van der Waals surface area contributed by atoms with E-state index in [4.69, 9.17) is 33.0 Å². The molecule has 5 heteroatoms. The molecule has 0 amide bonds. The molecule has 0 fully saturated rings. The second-order valence-electron chi connectivity index (χ2n) is 3.66. The van der Waals surface area contributed by atoms with Gasteiger partial charge in [-0.25, -0.2) is 0 Å². The van der Waals surface area contributed by atoms with Gasteiger partial charge in [0.25, 0.3) is 0 Å². The Morgan fingerprint density at radius 3 is 1.79 bits per heavy atom. The molecule has 0 aromatic heterocycles. The Labute approximate surface area is 126 Å². The van der Waals surface area contributed by atoms with Crippen LogP contribution in [-0.2, 0) is 4.74 Å². The molecule has 1 aromatic rings. The Balaban J connectivity index is 0.000000555. The number of nitrogens with zero attached hydrogens (tertiary/aromatic N) is 1. The number of benzene rings is 1. The highest BCUT2D eigenvalue weighted by atomic mass is 35.5. The third-order valence-corrected chi connectivity index (χ3v) is 2.67. The van der Waals surface area contributed by atoms with E-state index in [1.165, 1.54) is 0 Å². The number of aromatic hydroxyl groups is 1. The molecular weight excluding hydrogens is 285 g/mol. The zero-order chi connectivity index (χ0) is 14.5. The molecule has 0 radical (unpaired) electrons. The van der Waals surface area contributed by atoms with Gasteiger partial charge in [-0.3, -0.25) is 0 Å². The van der Waals surface area contributed by atoms with Crippen LogP contribution in [0.4, 0.5) is 5.69 Å². The van der Waals surface area contributed by atoms with Crippen molar-refractivity contribution in [3.63, 3.8) is 0 Å². The molecule has 1 rings (SSSR count). The summed E-state index contributed by atoms with van der Waals surface area (Å²) in [5.41, 5.74) is 1.03. The number of phenolic OH excluding ortho intramolecular Hbond substituents is 1. The number of hydrogen-bond acceptors (Lipinski definition) is 3. The lowest BCUT2D eigenvalue weighted by molar-refractivity contribution is 0.162. The first kappa shape index (κ1) is 18.4. The van der Waals surface area contributed by atoms with Crippen molar-refractivity contribution in [3.8, 4) is 5.75 Å². The summed E-state index contributed by atoms with van der Waals surface area (Å²) < 4.78 is 4.83. The number of rotatable bonds is 7. The van der Waals surface area contributed by atoms with Crippen molar-refractivity contribution < 1.29 is 9.84 Å². The average Bonchev–Trinajstić information content (AvgIpc) is 2.41. The van der Waals surface area contributed by atoms with E-state index in [9.17, 15) is 0 Å². The van der Waals surface area contributed by atoms with Gasteiger partial charge in [-0.2, -0.15) is 0 Å². The summed E-state index contributed by atoms with van der Waals surface area (Å²) in [5.74, 6) is 1.40. The summed E-state index contributed by atoms with van der Waals surface area (Å²) in [7, 11) is 0. The standard InChI is InChI=1S/C10H13Cl2NO.C4H10O/c11-5-7-13(8-6-12)9-1-3-10(14)4-2-9;1-3-5-4-2/h1-4,14H,5-8H2;3-4H2,1-2H3. The molecule has 1 aromatic carbocycles. The van der Waals surface area contributed by atoms with Crippen molar-refractivity contribution in [3.05, 3.63) is 24.3 Å². The second kappa shape index (κ2) is 12.4. The highest BCUT2D eigenvalue weighted by Crippen LogP contribution is 2.18. The minimum Gasteiger partial charge on any atom is -0.508 e. The molecule has 0 saturated carbocycles.